The average molecular weight is 355 g/mol. The molecule has 0 aromatic heterocycles. The Morgan fingerprint density at radius 3 is 2.65 bits per heavy atom. The van der Waals surface area contributed by atoms with Gasteiger partial charge in [-0.15, -0.1) is 0 Å². The van der Waals surface area contributed by atoms with E-state index in [2.05, 4.69) is 27.7 Å². The molecule has 7 heteroatoms. The summed E-state index contributed by atoms with van der Waals surface area (Å²) < 4.78 is 5.33. The largest absolute Gasteiger partial charge is 0.379 e. The molecule has 1 aliphatic heterocycles. The third-order valence-electron chi connectivity index (χ3n) is 3.62. The summed E-state index contributed by atoms with van der Waals surface area (Å²) in [6, 6.07) is 7.64. The first-order valence-electron chi connectivity index (χ1n) is 7.85. The van der Waals surface area contributed by atoms with Crippen LogP contribution in [0, 0.1) is 0 Å². The van der Waals surface area contributed by atoms with Crippen molar-refractivity contribution in [3.8, 4) is 0 Å². The van der Waals surface area contributed by atoms with Crippen molar-refractivity contribution < 1.29 is 4.74 Å². The Labute approximate surface area is 148 Å². The van der Waals surface area contributed by atoms with E-state index in [0.717, 1.165) is 62.1 Å². The van der Waals surface area contributed by atoms with Gasteiger partial charge in [0.25, 0.3) is 0 Å². The monoisotopic (exact) mass is 354 g/mol. The fourth-order valence-corrected chi connectivity index (χ4v) is 2.57. The summed E-state index contributed by atoms with van der Waals surface area (Å²) in [5.74, 6) is 0. The molecule has 0 saturated carbocycles. The number of nitrogens with zero attached hydrogens (tertiary/aromatic N) is 2. The van der Waals surface area contributed by atoms with Crippen molar-refractivity contribution >= 4 is 34.6 Å². The van der Waals surface area contributed by atoms with Gasteiger partial charge in [-0.3, -0.25) is 10.3 Å². The van der Waals surface area contributed by atoms with E-state index in [-0.39, 0.29) is 0 Å². The van der Waals surface area contributed by atoms with E-state index >= 15 is 0 Å². The Hall–Kier alpha value is -1.21. The van der Waals surface area contributed by atoms with Gasteiger partial charge in [-0.25, -0.2) is 0 Å². The molecule has 1 fully saturated rings. The number of halogens is 1. The predicted molar refractivity (Wildman–Crippen MR) is 99.3 cm³/mol. The molecular weight excluding hydrogens is 332 g/mol. The maximum absolute atomic E-state index is 5.91. The van der Waals surface area contributed by atoms with Gasteiger partial charge in [-0.1, -0.05) is 30.7 Å². The molecule has 1 aliphatic rings. The lowest BCUT2D eigenvalue weighted by molar-refractivity contribution is 0.0389. The smallest absolute Gasteiger partial charge is 0.187 e. The number of benzene rings is 1. The predicted octanol–water partition coefficient (Wildman–Crippen LogP) is 2.25. The number of nitrogens with one attached hydrogen (secondary N) is 2. The Kier molecular flexibility index (Phi) is 7.74. The van der Waals surface area contributed by atoms with E-state index in [4.69, 9.17) is 28.6 Å². The van der Waals surface area contributed by atoms with Crippen molar-refractivity contribution in [3.05, 3.63) is 34.9 Å². The second-order valence-electron chi connectivity index (χ2n) is 5.24. The van der Waals surface area contributed by atoms with Crippen LogP contribution in [0.1, 0.15) is 18.9 Å². The number of ether oxygens (including phenoxy) is 1. The van der Waals surface area contributed by atoms with Crippen molar-refractivity contribution in [1.29, 1.82) is 0 Å². The quantitative estimate of drug-likeness (QED) is 0.466. The Morgan fingerprint density at radius 1 is 1.30 bits per heavy atom. The van der Waals surface area contributed by atoms with Crippen LogP contribution in [0.3, 0.4) is 0 Å². The molecule has 1 aromatic carbocycles. The summed E-state index contributed by atoms with van der Waals surface area (Å²) >= 11 is 11.2. The summed E-state index contributed by atoms with van der Waals surface area (Å²) in [5.41, 5.74) is 4.90. The maximum atomic E-state index is 5.91. The molecule has 0 bridgehead atoms. The first-order chi connectivity index (χ1) is 11.2. The van der Waals surface area contributed by atoms with Gasteiger partial charge in [-0.2, -0.15) is 5.10 Å². The molecule has 0 spiro atoms. The molecule has 2 rings (SSSR count). The summed E-state index contributed by atoms with van der Waals surface area (Å²) in [5, 5.41) is 8.83. The van der Waals surface area contributed by atoms with Crippen molar-refractivity contribution in [2.75, 3.05) is 39.4 Å². The minimum atomic E-state index is 0.540. The van der Waals surface area contributed by atoms with Gasteiger partial charge >= 0.3 is 0 Å². The van der Waals surface area contributed by atoms with Crippen LogP contribution in [0.4, 0.5) is 0 Å². The van der Waals surface area contributed by atoms with Gasteiger partial charge in [0.15, 0.2) is 5.11 Å². The molecular formula is C16H23ClN4OS. The lowest BCUT2D eigenvalue weighted by Crippen LogP contribution is -2.43. The van der Waals surface area contributed by atoms with Crippen molar-refractivity contribution in [3.63, 3.8) is 0 Å². The van der Waals surface area contributed by atoms with Gasteiger partial charge in [0.1, 0.15) is 0 Å². The summed E-state index contributed by atoms with van der Waals surface area (Å²) in [7, 11) is 0. The van der Waals surface area contributed by atoms with E-state index in [9.17, 15) is 0 Å². The molecule has 1 saturated heterocycles. The van der Waals surface area contributed by atoms with Gasteiger partial charge in [0.05, 0.1) is 18.9 Å². The van der Waals surface area contributed by atoms with Crippen molar-refractivity contribution in [2.24, 2.45) is 5.10 Å². The number of hydrogen-bond donors (Lipinski definition) is 2. The van der Waals surface area contributed by atoms with Crippen LogP contribution in [0.5, 0.6) is 0 Å². The first-order valence-corrected chi connectivity index (χ1v) is 8.64. The van der Waals surface area contributed by atoms with Crippen LogP contribution in [-0.4, -0.2) is 55.1 Å². The molecule has 23 heavy (non-hydrogen) atoms. The third-order valence-corrected chi connectivity index (χ3v) is 4.11. The van der Waals surface area contributed by atoms with E-state index in [1.54, 1.807) is 0 Å². The summed E-state index contributed by atoms with van der Waals surface area (Å²) in [6.07, 6.45) is 0.811. The molecule has 5 nitrogen and oxygen atoms in total. The van der Waals surface area contributed by atoms with E-state index < -0.39 is 0 Å². The fourth-order valence-electron chi connectivity index (χ4n) is 2.30. The highest BCUT2D eigenvalue weighted by Crippen LogP contribution is 2.11. The zero-order valence-corrected chi connectivity index (χ0v) is 14.9. The van der Waals surface area contributed by atoms with E-state index in [0.29, 0.717) is 5.11 Å². The number of hydrogen-bond acceptors (Lipinski definition) is 4. The van der Waals surface area contributed by atoms with Crippen molar-refractivity contribution in [1.82, 2.24) is 15.6 Å². The van der Waals surface area contributed by atoms with Gasteiger partial charge < -0.3 is 10.1 Å². The zero-order chi connectivity index (χ0) is 16.5. The minimum Gasteiger partial charge on any atom is -0.379 e. The Morgan fingerprint density at radius 2 is 2.00 bits per heavy atom. The van der Waals surface area contributed by atoms with Gasteiger partial charge in [0, 0.05) is 31.2 Å². The van der Waals surface area contributed by atoms with Crippen molar-refractivity contribution in [2.45, 2.75) is 13.3 Å². The molecule has 0 amide bonds. The highest BCUT2D eigenvalue weighted by atomic mass is 35.5. The molecule has 2 N–H and O–H groups in total. The normalized spacial score (nSPS) is 16.2. The third kappa shape index (κ3) is 6.43. The maximum Gasteiger partial charge on any atom is 0.187 e. The minimum absolute atomic E-state index is 0.540. The van der Waals surface area contributed by atoms with Gasteiger partial charge in [-0.05, 0) is 36.3 Å². The summed E-state index contributed by atoms with van der Waals surface area (Å²) in [4.78, 5) is 2.35. The molecule has 1 heterocycles. The SMILES string of the molecule is CC/C(=N\NC(=S)NCCN1CCOCC1)c1ccc(Cl)cc1. The molecule has 0 aliphatic carbocycles. The summed E-state index contributed by atoms with van der Waals surface area (Å²) in [6.45, 7) is 7.40. The van der Waals surface area contributed by atoms with Crippen LogP contribution in [0.25, 0.3) is 0 Å². The van der Waals surface area contributed by atoms with E-state index in [1.165, 1.54) is 0 Å². The topological polar surface area (TPSA) is 48.9 Å². The molecule has 0 atom stereocenters. The Bertz CT molecular complexity index is 529. The second-order valence-corrected chi connectivity index (χ2v) is 6.09. The second kappa shape index (κ2) is 9.82. The average Bonchev–Trinajstić information content (AvgIpc) is 2.58. The number of hydrazone groups is 1. The standard InChI is InChI=1S/C16H23ClN4OS/c1-2-15(13-3-5-14(17)6-4-13)19-20-16(23)18-7-8-21-9-11-22-12-10-21/h3-6H,2,7-12H2,1H3,(H2,18,20,23)/b19-15+. The number of morpholine rings is 1. The van der Waals surface area contributed by atoms with Crippen LogP contribution in [0.15, 0.2) is 29.4 Å². The van der Waals surface area contributed by atoms with Crippen LogP contribution in [-0.2, 0) is 4.74 Å². The van der Waals surface area contributed by atoms with Crippen LogP contribution >= 0.6 is 23.8 Å². The highest BCUT2D eigenvalue weighted by molar-refractivity contribution is 7.80. The fraction of sp³-hybridized carbons (Fsp3) is 0.500. The molecule has 1 aromatic rings. The van der Waals surface area contributed by atoms with Gasteiger partial charge in [0.2, 0.25) is 0 Å². The first kappa shape index (κ1) is 18.1. The van der Waals surface area contributed by atoms with Crippen LogP contribution < -0.4 is 10.7 Å². The lowest BCUT2D eigenvalue weighted by atomic mass is 10.1. The molecule has 126 valence electrons. The number of rotatable bonds is 6. The van der Waals surface area contributed by atoms with Crippen LogP contribution in [0.2, 0.25) is 5.02 Å². The zero-order valence-electron chi connectivity index (χ0n) is 13.3. The highest BCUT2D eigenvalue weighted by Gasteiger charge is 2.09. The number of thiocarbonyl (C=S) groups is 1. The Balaban J connectivity index is 1.75. The molecule has 0 radical (unpaired) electrons. The molecule has 0 unspecified atom stereocenters. The lowest BCUT2D eigenvalue weighted by Gasteiger charge is -2.26. The van der Waals surface area contributed by atoms with E-state index in [1.807, 2.05) is 24.3 Å².